The first kappa shape index (κ1) is 14.8. The molecule has 0 saturated carbocycles. The lowest BCUT2D eigenvalue weighted by molar-refractivity contribution is 0.0972. The SMILES string of the molecule is O=C(Cn1ccnc1-c1ccccc1)c1ccc(Cl)c(Cl)c1. The van der Waals surface area contributed by atoms with Crippen LogP contribution in [0.25, 0.3) is 11.4 Å². The lowest BCUT2D eigenvalue weighted by atomic mass is 10.1. The first-order valence-corrected chi connectivity index (χ1v) is 7.45. The van der Waals surface area contributed by atoms with Crippen molar-refractivity contribution >= 4 is 29.0 Å². The molecule has 0 saturated heterocycles. The predicted octanol–water partition coefficient (Wildman–Crippen LogP) is 4.74. The van der Waals surface area contributed by atoms with Crippen LogP contribution in [0.4, 0.5) is 0 Å². The lowest BCUT2D eigenvalue weighted by Crippen LogP contribution is -2.11. The summed E-state index contributed by atoms with van der Waals surface area (Å²) in [6, 6.07) is 14.6. The number of carbonyl (C=O) groups excluding carboxylic acids is 1. The Balaban J connectivity index is 1.86. The molecule has 1 heterocycles. The van der Waals surface area contributed by atoms with Crippen molar-refractivity contribution in [1.29, 1.82) is 0 Å². The summed E-state index contributed by atoms with van der Waals surface area (Å²) in [5, 5.41) is 0.812. The van der Waals surface area contributed by atoms with Crippen LogP contribution in [-0.2, 0) is 6.54 Å². The van der Waals surface area contributed by atoms with E-state index in [1.54, 1.807) is 30.6 Å². The van der Waals surface area contributed by atoms with Gasteiger partial charge in [0.25, 0.3) is 0 Å². The highest BCUT2D eigenvalue weighted by Gasteiger charge is 2.12. The molecule has 0 bridgehead atoms. The fraction of sp³-hybridized carbons (Fsp3) is 0.0588. The largest absolute Gasteiger partial charge is 0.323 e. The molecule has 0 unspecified atom stereocenters. The second-order valence-corrected chi connectivity index (χ2v) is 5.61. The molecule has 0 spiro atoms. The highest BCUT2D eigenvalue weighted by atomic mass is 35.5. The van der Waals surface area contributed by atoms with E-state index in [1.165, 1.54) is 0 Å². The minimum absolute atomic E-state index is 0.0475. The quantitative estimate of drug-likeness (QED) is 0.647. The number of nitrogens with zero attached hydrogens (tertiary/aromatic N) is 2. The van der Waals surface area contributed by atoms with Gasteiger partial charge in [-0.25, -0.2) is 4.98 Å². The smallest absolute Gasteiger partial charge is 0.182 e. The number of hydrogen-bond acceptors (Lipinski definition) is 2. The van der Waals surface area contributed by atoms with E-state index in [9.17, 15) is 4.79 Å². The summed E-state index contributed by atoms with van der Waals surface area (Å²) in [4.78, 5) is 16.7. The van der Waals surface area contributed by atoms with Crippen molar-refractivity contribution in [3.63, 3.8) is 0 Å². The second kappa shape index (κ2) is 6.34. The molecule has 0 aliphatic rings. The van der Waals surface area contributed by atoms with Gasteiger partial charge in [-0.05, 0) is 18.2 Å². The van der Waals surface area contributed by atoms with Crippen LogP contribution >= 0.6 is 23.2 Å². The Kier molecular flexibility index (Phi) is 4.27. The van der Waals surface area contributed by atoms with Crippen molar-refractivity contribution in [1.82, 2.24) is 9.55 Å². The van der Waals surface area contributed by atoms with Crippen LogP contribution in [0, 0.1) is 0 Å². The molecule has 110 valence electrons. The van der Waals surface area contributed by atoms with Crippen LogP contribution in [0.3, 0.4) is 0 Å². The van der Waals surface area contributed by atoms with Gasteiger partial charge < -0.3 is 4.57 Å². The van der Waals surface area contributed by atoms with Gasteiger partial charge in [-0.15, -0.1) is 0 Å². The molecule has 0 aliphatic heterocycles. The van der Waals surface area contributed by atoms with E-state index in [0.29, 0.717) is 15.6 Å². The molecule has 22 heavy (non-hydrogen) atoms. The lowest BCUT2D eigenvalue weighted by Gasteiger charge is -2.08. The topological polar surface area (TPSA) is 34.9 Å². The van der Waals surface area contributed by atoms with Gasteiger partial charge in [-0.2, -0.15) is 0 Å². The number of imidazole rings is 1. The summed E-state index contributed by atoms with van der Waals surface area (Å²) in [6.07, 6.45) is 3.47. The molecule has 0 N–H and O–H groups in total. The van der Waals surface area contributed by atoms with Crippen molar-refractivity contribution in [2.45, 2.75) is 6.54 Å². The minimum Gasteiger partial charge on any atom is -0.323 e. The number of halogens is 2. The monoisotopic (exact) mass is 330 g/mol. The summed E-state index contributed by atoms with van der Waals surface area (Å²) >= 11 is 11.8. The Labute approximate surface area is 138 Å². The van der Waals surface area contributed by atoms with E-state index in [-0.39, 0.29) is 12.3 Å². The van der Waals surface area contributed by atoms with Crippen LogP contribution in [-0.4, -0.2) is 15.3 Å². The molecule has 0 atom stereocenters. The van der Waals surface area contributed by atoms with E-state index in [1.807, 2.05) is 34.9 Å². The third-order valence-electron chi connectivity index (χ3n) is 3.30. The molecule has 0 radical (unpaired) electrons. The predicted molar refractivity (Wildman–Crippen MR) is 88.5 cm³/mol. The second-order valence-electron chi connectivity index (χ2n) is 4.80. The Morgan fingerprint density at radius 1 is 1.05 bits per heavy atom. The molecule has 3 rings (SSSR count). The zero-order chi connectivity index (χ0) is 15.5. The maximum Gasteiger partial charge on any atom is 0.182 e. The summed E-state index contributed by atoms with van der Waals surface area (Å²) in [5.41, 5.74) is 1.50. The summed E-state index contributed by atoms with van der Waals surface area (Å²) in [7, 11) is 0. The Morgan fingerprint density at radius 2 is 1.82 bits per heavy atom. The summed E-state index contributed by atoms with van der Waals surface area (Å²) in [6.45, 7) is 0.197. The number of aromatic nitrogens is 2. The summed E-state index contributed by atoms with van der Waals surface area (Å²) < 4.78 is 1.82. The van der Waals surface area contributed by atoms with Crippen molar-refractivity contribution in [3.8, 4) is 11.4 Å². The average Bonchev–Trinajstić information content (AvgIpc) is 2.99. The van der Waals surface area contributed by atoms with Crippen molar-refractivity contribution in [2.75, 3.05) is 0 Å². The number of rotatable bonds is 4. The first-order chi connectivity index (χ1) is 10.6. The van der Waals surface area contributed by atoms with E-state index in [4.69, 9.17) is 23.2 Å². The molecule has 0 fully saturated rings. The molecular formula is C17H12Cl2N2O. The van der Waals surface area contributed by atoms with Gasteiger partial charge in [0.05, 0.1) is 16.6 Å². The molecular weight excluding hydrogens is 319 g/mol. The van der Waals surface area contributed by atoms with Crippen molar-refractivity contribution in [3.05, 3.63) is 76.5 Å². The average molecular weight is 331 g/mol. The maximum absolute atomic E-state index is 12.4. The maximum atomic E-state index is 12.4. The third-order valence-corrected chi connectivity index (χ3v) is 4.04. The fourth-order valence-corrected chi connectivity index (χ4v) is 2.50. The van der Waals surface area contributed by atoms with Crippen LogP contribution in [0.5, 0.6) is 0 Å². The normalized spacial score (nSPS) is 10.6. The third kappa shape index (κ3) is 3.06. The van der Waals surface area contributed by atoms with E-state index >= 15 is 0 Å². The molecule has 0 amide bonds. The van der Waals surface area contributed by atoms with Gasteiger partial charge in [-0.3, -0.25) is 4.79 Å². The van der Waals surface area contributed by atoms with Crippen LogP contribution < -0.4 is 0 Å². The Hall–Kier alpha value is -2.10. The molecule has 3 aromatic rings. The van der Waals surface area contributed by atoms with Gasteiger partial charge in [-0.1, -0.05) is 53.5 Å². The van der Waals surface area contributed by atoms with E-state index < -0.39 is 0 Å². The highest BCUT2D eigenvalue weighted by molar-refractivity contribution is 6.42. The summed E-state index contributed by atoms with van der Waals surface area (Å²) in [5.74, 6) is 0.711. The number of hydrogen-bond donors (Lipinski definition) is 0. The molecule has 2 aromatic carbocycles. The molecule has 0 aliphatic carbocycles. The van der Waals surface area contributed by atoms with Gasteiger partial charge in [0.15, 0.2) is 5.78 Å². The zero-order valence-electron chi connectivity index (χ0n) is 11.5. The van der Waals surface area contributed by atoms with Crippen molar-refractivity contribution < 1.29 is 4.79 Å². The molecule has 3 nitrogen and oxygen atoms in total. The van der Waals surface area contributed by atoms with E-state index in [2.05, 4.69) is 4.98 Å². The molecule has 1 aromatic heterocycles. The van der Waals surface area contributed by atoms with E-state index in [0.717, 1.165) is 11.4 Å². The number of ketones is 1. The zero-order valence-corrected chi connectivity index (χ0v) is 13.1. The minimum atomic E-state index is -0.0475. The first-order valence-electron chi connectivity index (χ1n) is 6.70. The Bertz CT molecular complexity index is 813. The Morgan fingerprint density at radius 3 is 2.55 bits per heavy atom. The fourth-order valence-electron chi connectivity index (χ4n) is 2.20. The van der Waals surface area contributed by atoms with Gasteiger partial charge in [0, 0.05) is 23.5 Å². The number of carbonyl (C=O) groups is 1. The van der Waals surface area contributed by atoms with Gasteiger partial charge in [0.2, 0.25) is 0 Å². The highest BCUT2D eigenvalue weighted by Crippen LogP contribution is 2.23. The van der Waals surface area contributed by atoms with Gasteiger partial charge in [0.1, 0.15) is 5.82 Å². The van der Waals surface area contributed by atoms with Crippen LogP contribution in [0.15, 0.2) is 60.9 Å². The van der Waals surface area contributed by atoms with Crippen LogP contribution in [0.1, 0.15) is 10.4 Å². The van der Waals surface area contributed by atoms with Crippen LogP contribution in [0.2, 0.25) is 10.0 Å². The van der Waals surface area contributed by atoms with Crippen molar-refractivity contribution in [2.24, 2.45) is 0 Å². The number of benzene rings is 2. The van der Waals surface area contributed by atoms with Gasteiger partial charge >= 0.3 is 0 Å². The number of Topliss-reactive ketones (excluding diaryl/α,β-unsaturated/α-hetero) is 1. The molecule has 5 heteroatoms. The standard InChI is InChI=1S/C17H12Cl2N2O/c18-14-7-6-13(10-15(14)19)16(22)11-21-9-8-20-17(21)12-4-2-1-3-5-12/h1-10H,11H2.